The first-order valence-electron chi connectivity index (χ1n) is 8.66. The molecule has 12 heteroatoms. The van der Waals surface area contributed by atoms with E-state index < -0.39 is 10.4 Å². The van der Waals surface area contributed by atoms with Gasteiger partial charge in [-0.05, 0) is 30.9 Å². The van der Waals surface area contributed by atoms with Gasteiger partial charge in [-0.25, -0.2) is 12.9 Å². The van der Waals surface area contributed by atoms with Crippen molar-refractivity contribution in [3.63, 3.8) is 0 Å². The Hall–Kier alpha value is -2.28. The molecule has 1 aliphatic carbocycles. The van der Waals surface area contributed by atoms with Crippen molar-refractivity contribution in [2.45, 2.75) is 19.3 Å². The normalized spacial score (nSPS) is 13.8. The van der Waals surface area contributed by atoms with E-state index in [0.29, 0.717) is 17.9 Å². The third kappa shape index (κ3) is 5.61. The first-order chi connectivity index (χ1) is 12.9. The van der Waals surface area contributed by atoms with Gasteiger partial charge in [0, 0.05) is 5.69 Å². The average Bonchev–Trinajstić information content (AvgIpc) is 3.16. The molecule has 0 saturated heterocycles. The van der Waals surface area contributed by atoms with Crippen LogP contribution in [0.15, 0.2) is 12.1 Å². The van der Waals surface area contributed by atoms with E-state index in [-0.39, 0.29) is 10.6 Å². The molecule has 0 amide bonds. The molecule has 11 nitrogen and oxygen atoms in total. The van der Waals surface area contributed by atoms with Crippen molar-refractivity contribution in [1.29, 1.82) is 0 Å². The third-order valence-corrected chi connectivity index (χ3v) is 4.69. The highest BCUT2D eigenvalue weighted by molar-refractivity contribution is 7.80. The number of aryl methyl sites for hydroxylation is 2. The first kappa shape index (κ1) is 22.0. The van der Waals surface area contributed by atoms with Gasteiger partial charge in [0.25, 0.3) is 0 Å². The zero-order chi connectivity index (χ0) is 21.1. The fraction of sp³-hybridized carbons (Fsp3) is 0.562. The number of fused-ring (bicyclic) bond motifs is 3. The molecule has 0 aromatic carbocycles. The summed E-state index contributed by atoms with van der Waals surface area (Å²) in [5.74, 6) is 0.374. The molecule has 28 heavy (non-hydrogen) atoms. The molecule has 0 saturated carbocycles. The monoisotopic (exact) mass is 415 g/mol. The van der Waals surface area contributed by atoms with Gasteiger partial charge in [0.15, 0.2) is 0 Å². The summed E-state index contributed by atoms with van der Waals surface area (Å²) in [4.78, 5) is 11.1. The topological polar surface area (TPSA) is 139 Å². The second-order valence-corrected chi connectivity index (χ2v) is 8.58. The van der Waals surface area contributed by atoms with E-state index >= 15 is 0 Å². The maximum atomic E-state index is 11.5. The molecule has 156 valence electrons. The molecule has 0 aliphatic heterocycles. The summed E-state index contributed by atoms with van der Waals surface area (Å²) in [5.41, 5.74) is 3.03. The lowest BCUT2D eigenvalue weighted by Gasteiger charge is -2.23. The maximum Gasteiger partial charge on any atom is 0.338 e. The summed E-state index contributed by atoms with van der Waals surface area (Å²) in [5, 5.41) is 19.1. The minimum atomic E-state index is -4.41. The van der Waals surface area contributed by atoms with Gasteiger partial charge in [-0.3, -0.25) is 14.3 Å². The standard InChI is InChI=1S/C15H22N5O2.CH4O4S/c1-20(2,3)10-9-16-15-14(19(21)22)13-8-7-11-5-4-6-12(11)18(13)17-15;1-5-6(2,3)4/h7-8H,4-6,9-10H2,1-3H3,(H,16,17);1H3,(H,2,3,4)/q+1;/p-1. The summed E-state index contributed by atoms with van der Waals surface area (Å²) in [6.07, 6.45) is 3.05. The largest absolute Gasteiger partial charge is 0.726 e. The van der Waals surface area contributed by atoms with Crippen LogP contribution in [0.1, 0.15) is 17.7 Å². The Morgan fingerprint density at radius 1 is 1.32 bits per heavy atom. The van der Waals surface area contributed by atoms with Crippen LogP contribution in [0.4, 0.5) is 11.5 Å². The number of quaternary nitrogens is 1. The molecule has 0 bridgehead atoms. The van der Waals surface area contributed by atoms with E-state index in [4.69, 9.17) is 0 Å². The molecular weight excluding hydrogens is 390 g/mol. The van der Waals surface area contributed by atoms with Crippen molar-refractivity contribution < 1.29 is 26.6 Å². The molecule has 0 radical (unpaired) electrons. The number of nitrogens with one attached hydrogen (secondary N) is 1. The van der Waals surface area contributed by atoms with Crippen LogP contribution in [-0.4, -0.2) is 73.3 Å². The predicted octanol–water partition coefficient (Wildman–Crippen LogP) is 0.942. The second kappa shape index (κ2) is 8.39. The van der Waals surface area contributed by atoms with E-state index in [1.165, 1.54) is 5.56 Å². The minimum Gasteiger partial charge on any atom is -0.726 e. The highest BCUT2D eigenvalue weighted by atomic mass is 32.3. The van der Waals surface area contributed by atoms with Gasteiger partial charge in [0.2, 0.25) is 16.2 Å². The van der Waals surface area contributed by atoms with Crippen LogP contribution in [0.2, 0.25) is 0 Å². The number of anilines is 1. The molecule has 1 aliphatic rings. The van der Waals surface area contributed by atoms with Crippen molar-refractivity contribution in [3.8, 4) is 0 Å². The van der Waals surface area contributed by atoms with Crippen molar-refractivity contribution >= 4 is 27.4 Å². The van der Waals surface area contributed by atoms with Crippen molar-refractivity contribution in [2.75, 3.05) is 46.7 Å². The highest BCUT2D eigenvalue weighted by Gasteiger charge is 2.27. The molecule has 2 heterocycles. The molecule has 2 aromatic heterocycles. The van der Waals surface area contributed by atoms with Gasteiger partial charge in [-0.1, -0.05) is 6.07 Å². The molecule has 0 fully saturated rings. The zero-order valence-corrected chi connectivity index (χ0v) is 17.2. The number of rotatable bonds is 6. The molecule has 2 aromatic rings. The number of aromatic nitrogens is 2. The summed E-state index contributed by atoms with van der Waals surface area (Å²) < 4.78 is 33.6. The van der Waals surface area contributed by atoms with Crippen LogP contribution in [-0.2, 0) is 27.4 Å². The van der Waals surface area contributed by atoms with Crippen LogP contribution >= 0.6 is 0 Å². The predicted molar refractivity (Wildman–Crippen MR) is 102 cm³/mol. The van der Waals surface area contributed by atoms with Gasteiger partial charge < -0.3 is 14.4 Å². The molecule has 3 rings (SSSR count). The fourth-order valence-electron chi connectivity index (χ4n) is 2.94. The Morgan fingerprint density at radius 2 is 1.96 bits per heavy atom. The van der Waals surface area contributed by atoms with Gasteiger partial charge in [0.05, 0.1) is 46.3 Å². The first-order valence-corrected chi connectivity index (χ1v) is 10.00. The Morgan fingerprint density at radius 3 is 2.50 bits per heavy atom. The number of hydrogen-bond acceptors (Lipinski definition) is 8. The SMILES string of the molecule is COS(=O)(=O)[O-].C[N+](C)(C)CCNc1nn2c3c(ccc2c1[N+](=O)[O-])CCC3. The van der Waals surface area contributed by atoms with E-state index in [1.807, 2.05) is 12.1 Å². The lowest BCUT2D eigenvalue weighted by Crippen LogP contribution is -2.38. The number of likely N-dealkylation sites (N-methyl/N-ethyl adjacent to an activating group) is 1. The van der Waals surface area contributed by atoms with Gasteiger partial charge in [-0.2, -0.15) is 0 Å². The van der Waals surface area contributed by atoms with Crippen LogP contribution in [0.5, 0.6) is 0 Å². The maximum absolute atomic E-state index is 11.5. The average molecular weight is 415 g/mol. The Bertz CT molecular complexity index is 964. The van der Waals surface area contributed by atoms with Gasteiger partial charge in [0.1, 0.15) is 5.52 Å². The van der Waals surface area contributed by atoms with Crippen LogP contribution < -0.4 is 5.32 Å². The Balaban J connectivity index is 0.000000409. The lowest BCUT2D eigenvalue weighted by molar-refractivity contribution is -0.868. The summed E-state index contributed by atoms with van der Waals surface area (Å²) >= 11 is 0. The summed E-state index contributed by atoms with van der Waals surface area (Å²) in [7, 11) is 2.67. The van der Waals surface area contributed by atoms with Gasteiger partial charge >= 0.3 is 5.69 Å². The highest BCUT2D eigenvalue weighted by Crippen LogP contribution is 2.32. The third-order valence-electron chi connectivity index (χ3n) is 4.29. The molecule has 1 N–H and O–H groups in total. The van der Waals surface area contributed by atoms with Crippen molar-refractivity contribution in [2.24, 2.45) is 0 Å². The van der Waals surface area contributed by atoms with E-state index in [9.17, 15) is 23.1 Å². The Kier molecular flexibility index (Phi) is 6.59. The Labute approximate surface area is 163 Å². The molecule has 0 unspecified atom stereocenters. The number of nitrogens with zero attached hydrogens (tertiary/aromatic N) is 4. The summed E-state index contributed by atoms with van der Waals surface area (Å²) in [6, 6.07) is 3.82. The van der Waals surface area contributed by atoms with E-state index in [0.717, 1.165) is 43.1 Å². The van der Waals surface area contributed by atoms with Crippen LogP contribution in [0.3, 0.4) is 0 Å². The molecular formula is C16H25N5O6S. The molecule has 0 spiro atoms. The summed E-state index contributed by atoms with van der Waals surface area (Å²) in [6.45, 7) is 1.51. The lowest BCUT2D eigenvalue weighted by atomic mass is 10.2. The smallest absolute Gasteiger partial charge is 0.338 e. The number of hydrogen-bond donors (Lipinski definition) is 1. The van der Waals surface area contributed by atoms with Crippen LogP contribution in [0.25, 0.3) is 5.52 Å². The number of pyridine rings is 1. The second-order valence-electron chi connectivity index (χ2n) is 7.43. The van der Waals surface area contributed by atoms with E-state index in [1.54, 1.807) is 4.52 Å². The van der Waals surface area contributed by atoms with Crippen molar-refractivity contribution in [3.05, 3.63) is 33.5 Å². The minimum absolute atomic E-state index is 0.0797. The van der Waals surface area contributed by atoms with Crippen LogP contribution in [0, 0.1) is 10.1 Å². The van der Waals surface area contributed by atoms with Gasteiger partial charge in [-0.15, -0.1) is 5.10 Å². The molecule has 0 atom stereocenters. The van der Waals surface area contributed by atoms with Crippen molar-refractivity contribution in [1.82, 2.24) is 9.61 Å². The quantitative estimate of drug-likeness (QED) is 0.242. The van der Waals surface area contributed by atoms with E-state index in [2.05, 4.69) is 35.7 Å². The number of nitro groups is 1. The fourth-order valence-corrected chi connectivity index (χ4v) is 2.94. The zero-order valence-electron chi connectivity index (χ0n) is 16.3.